The number of imidazole rings is 1. The summed E-state index contributed by atoms with van der Waals surface area (Å²) in [6, 6.07) is 3.55. The number of ether oxygens (including phenoxy) is 1. The normalized spacial score (nSPS) is 16.0. The Morgan fingerprint density at radius 3 is 2.90 bits per heavy atom. The quantitative estimate of drug-likeness (QED) is 0.690. The van der Waals surface area contributed by atoms with Crippen molar-refractivity contribution in [3.63, 3.8) is 0 Å². The number of hydrogen-bond acceptors (Lipinski definition) is 4. The van der Waals surface area contributed by atoms with E-state index in [1.807, 2.05) is 0 Å². The fraction of sp³-hybridized carbons (Fsp3) is 0.462. The van der Waals surface area contributed by atoms with Crippen LogP contribution in [0.2, 0.25) is 0 Å². The second-order valence-corrected chi connectivity index (χ2v) is 4.75. The number of carboxylic acid groups (broad SMARTS) is 1. The number of nitrogens with zero attached hydrogens (tertiary/aromatic N) is 3. The maximum absolute atomic E-state index is 11.3. The van der Waals surface area contributed by atoms with Gasteiger partial charge in [0.1, 0.15) is 5.52 Å². The molecule has 0 saturated carbocycles. The molecule has 3 rings (SSSR count). The van der Waals surface area contributed by atoms with E-state index in [0.717, 1.165) is 26.1 Å². The Bertz CT molecular complexity index is 608. The van der Waals surface area contributed by atoms with E-state index in [2.05, 4.69) is 9.97 Å². The van der Waals surface area contributed by atoms with Gasteiger partial charge in [0, 0.05) is 26.0 Å². The Morgan fingerprint density at radius 2 is 2.20 bits per heavy atom. The number of fused-ring (bicyclic) bond motifs is 1. The van der Waals surface area contributed by atoms with E-state index in [0.29, 0.717) is 23.6 Å². The number of aromatic carboxylic acids is 1. The van der Waals surface area contributed by atoms with Crippen molar-refractivity contribution in [3.8, 4) is 0 Å². The van der Waals surface area contributed by atoms with Crippen LogP contribution in [0.3, 0.4) is 0 Å². The maximum Gasteiger partial charge on any atom is 1.00 e. The average Bonchev–Trinajstić information content (AvgIpc) is 2.79. The first kappa shape index (κ1) is 15.0. The summed E-state index contributed by atoms with van der Waals surface area (Å²) in [4.78, 5) is 19.7. The van der Waals surface area contributed by atoms with Crippen molar-refractivity contribution >= 4 is 17.1 Å². The minimum atomic E-state index is -1.01. The van der Waals surface area contributed by atoms with Gasteiger partial charge >= 0.3 is 24.8 Å². The van der Waals surface area contributed by atoms with Crippen molar-refractivity contribution in [2.45, 2.75) is 19.4 Å². The molecule has 7 heteroatoms. The van der Waals surface area contributed by atoms with Crippen LogP contribution in [-0.2, 0) is 11.3 Å². The Labute approximate surface area is 128 Å². The molecule has 1 N–H and O–H groups in total. The van der Waals surface area contributed by atoms with Crippen LogP contribution in [0.15, 0.2) is 18.3 Å². The van der Waals surface area contributed by atoms with Gasteiger partial charge in [0.2, 0.25) is 5.82 Å². The third kappa shape index (κ3) is 2.88. The SMILES string of the molecule is O=C(O)c1nc2cccnc2n1CC1CCOCC1.[Li+]. The molecule has 3 heterocycles. The van der Waals surface area contributed by atoms with Gasteiger partial charge in [-0.2, -0.15) is 0 Å². The summed E-state index contributed by atoms with van der Waals surface area (Å²) in [6.45, 7) is 2.12. The van der Waals surface area contributed by atoms with Crippen molar-refractivity contribution in [3.05, 3.63) is 24.2 Å². The summed E-state index contributed by atoms with van der Waals surface area (Å²) in [5.74, 6) is -0.517. The fourth-order valence-electron chi connectivity index (χ4n) is 2.48. The predicted octanol–water partition coefficient (Wildman–Crippen LogP) is -1.44. The maximum atomic E-state index is 11.3. The molecule has 2 aromatic rings. The summed E-state index contributed by atoms with van der Waals surface area (Å²) < 4.78 is 7.04. The Balaban J connectivity index is 0.00000147. The molecule has 0 aliphatic carbocycles. The molecule has 100 valence electrons. The van der Waals surface area contributed by atoms with E-state index in [9.17, 15) is 9.90 Å². The predicted molar refractivity (Wildman–Crippen MR) is 68.0 cm³/mol. The van der Waals surface area contributed by atoms with Crippen LogP contribution in [0.4, 0.5) is 0 Å². The van der Waals surface area contributed by atoms with E-state index in [1.165, 1.54) is 0 Å². The molecule has 1 aliphatic rings. The number of pyridine rings is 1. The Kier molecular flexibility index (Phi) is 4.81. The first-order valence-corrected chi connectivity index (χ1v) is 6.38. The zero-order valence-corrected chi connectivity index (χ0v) is 11.5. The molecule has 0 amide bonds. The van der Waals surface area contributed by atoms with Gasteiger partial charge < -0.3 is 14.4 Å². The summed E-state index contributed by atoms with van der Waals surface area (Å²) >= 11 is 0. The van der Waals surface area contributed by atoms with Gasteiger partial charge in [-0.15, -0.1) is 0 Å². The molecular weight excluding hydrogens is 253 g/mol. The van der Waals surface area contributed by atoms with Crippen LogP contribution in [0, 0.1) is 5.92 Å². The molecule has 6 nitrogen and oxygen atoms in total. The summed E-state index contributed by atoms with van der Waals surface area (Å²) in [7, 11) is 0. The largest absolute Gasteiger partial charge is 1.00 e. The first-order chi connectivity index (χ1) is 9.25. The summed E-state index contributed by atoms with van der Waals surface area (Å²) in [6.07, 6.45) is 3.56. The number of rotatable bonds is 3. The minimum absolute atomic E-state index is 0. The molecule has 20 heavy (non-hydrogen) atoms. The second-order valence-electron chi connectivity index (χ2n) is 4.75. The van der Waals surface area contributed by atoms with Crippen molar-refractivity contribution in [2.75, 3.05) is 13.2 Å². The van der Waals surface area contributed by atoms with E-state index in [-0.39, 0.29) is 24.7 Å². The van der Waals surface area contributed by atoms with Crippen molar-refractivity contribution in [1.29, 1.82) is 0 Å². The summed E-state index contributed by atoms with van der Waals surface area (Å²) in [5.41, 5.74) is 1.28. The van der Waals surface area contributed by atoms with Crippen LogP contribution >= 0.6 is 0 Å². The molecule has 0 unspecified atom stereocenters. The molecule has 0 radical (unpaired) electrons. The average molecular weight is 268 g/mol. The monoisotopic (exact) mass is 268 g/mol. The van der Waals surface area contributed by atoms with Crippen LogP contribution < -0.4 is 18.9 Å². The third-order valence-corrected chi connectivity index (χ3v) is 3.48. The van der Waals surface area contributed by atoms with Crippen LogP contribution in [0.1, 0.15) is 23.5 Å². The van der Waals surface area contributed by atoms with Gasteiger partial charge in [-0.3, -0.25) is 0 Å². The van der Waals surface area contributed by atoms with Gasteiger partial charge in [-0.05, 0) is 30.9 Å². The van der Waals surface area contributed by atoms with Crippen molar-refractivity contribution in [2.24, 2.45) is 5.92 Å². The number of carbonyl (C=O) groups is 1. The minimum Gasteiger partial charge on any atom is -0.475 e. The molecule has 0 bridgehead atoms. The van der Waals surface area contributed by atoms with Crippen molar-refractivity contribution < 1.29 is 33.5 Å². The third-order valence-electron chi connectivity index (χ3n) is 3.48. The van der Waals surface area contributed by atoms with E-state index in [4.69, 9.17) is 4.74 Å². The molecule has 0 aromatic carbocycles. The van der Waals surface area contributed by atoms with Crippen molar-refractivity contribution in [1.82, 2.24) is 14.5 Å². The molecule has 1 fully saturated rings. The molecular formula is C13H15LiN3O3+. The molecule has 0 spiro atoms. The second kappa shape index (κ2) is 6.40. The Hall–Kier alpha value is -1.35. The van der Waals surface area contributed by atoms with Gasteiger partial charge in [0.25, 0.3) is 0 Å². The van der Waals surface area contributed by atoms with Crippen LogP contribution in [-0.4, -0.2) is 38.8 Å². The standard InChI is InChI=1S/C13H15N3O3.Li/c17-13(18)12-15-10-2-1-5-14-11(10)16(12)8-9-3-6-19-7-4-9;/h1-2,5,9H,3-4,6-8H2,(H,17,18);/q;+1. The van der Waals surface area contributed by atoms with E-state index in [1.54, 1.807) is 22.9 Å². The number of carboxylic acids is 1. The van der Waals surface area contributed by atoms with Crippen LogP contribution in [0.5, 0.6) is 0 Å². The van der Waals surface area contributed by atoms with Gasteiger partial charge in [-0.1, -0.05) is 0 Å². The molecule has 0 atom stereocenters. The first-order valence-electron chi connectivity index (χ1n) is 6.38. The van der Waals surface area contributed by atoms with E-state index < -0.39 is 5.97 Å². The van der Waals surface area contributed by atoms with Gasteiger partial charge in [0.05, 0.1) is 0 Å². The molecule has 1 saturated heterocycles. The molecule has 2 aromatic heterocycles. The van der Waals surface area contributed by atoms with Gasteiger partial charge in [-0.25, -0.2) is 14.8 Å². The topological polar surface area (TPSA) is 77.2 Å². The zero-order valence-electron chi connectivity index (χ0n) is 11.5. The molecule has 1 aliphatic heterocycles. The Morgan fingerprint density at radius 1 is 1.45 bits per heavy atom. The number of hydrogen-bond donors (Lipinski definition) is 1. The zero-order chi connectivity index (χ0) is 13.2. The smallest absolute Gasteiger partial charge is 0.475 e. The van der Waals surface area contributed by atoms with Crippen LogP contribution in [0.25, 0.3) is 11.2 Å². The fourth-order valence-corrected chi connectivity index (χ4v) is 2.48. The van der Waals surface area contributed by atoms with E-state index >= 15 is 0 Å². The summed E-state index contributed by atoms with van der Waals surface area (Å²) in [5, 5.41) is 9.26. The number of aromatic nitrogens is 3. The van der Waals surface area contributed by atoms with Gasteiger partial charge in [0.15, 0.2) is 5.65 Å².